The van der Waals surface area contributed by atoms with Crippen molar-refractivity contribution in [2.45, 2.75) is 6.92 Å². The zero-order valence-corrected chi connectivity index (χ0v) is 12.8. The Hall–Kier alpha value is -2.79. The molecule has 5 nitrogen and oxygen atoms in total. The predicted octanol–water partition coefficient (Wildman–Crippen LogP) is 3.74. The van der Waals surface area contributed by atoms with Crippen molar-refractivity contribution < 1.29 is 19.8 Å². The van der Waals surface area contributed by atoms with Crippen LogP contribution >= 0.6 is 11.6 Å². The quantitative estimate of drug-likeness (QED) is 0.577. The molecule has 1 aliphatic rings. The van der Waals surface area contributed by atoms with Gasteiger partial charge in [0.05, 0.1) is 11.1 Å². The summed E-state index contributed by atoms with van der Waals surface area (Å²) in [4.78, 5) is 23.9. The number of hydrogen-bond donors (Lipinski definition) is 3. The van der Waals surface area contributed by atoms with Gasteiger partial charge in [-0.1, -0.05) is 29.3 Å². The van der Waals surface area contributed by atoms with E-state index in [1.807, 2.05) is 19.1 Å². The highest BCUT2D eigenvalue weighted by Gasteiger charge is 2.31. The summed E-state index contributed by atoms with van der Waals surface area (Å²) in [5.74, 6) is -2.16. The molecule has 0 unspecified atom stereocenters. The van der Waals surface area contributed by atoms with Crippen molar-refractivity contribution in [1.29, 1.82) is 0 Å². The molecule has 2 aromatic carbocycles. The Bertz CT molecular complexity index is 869. The molecule has 23 heavy (non-hydrogen) atoms. The Morgan fingerprint density at radius 1 is 0.913 bits per heavy atom. The number of halogens is 1. The summed E-state index contributed by atoms with van der Waals surface area (Å²) in [6, 6.07) is 7.22. The number of benzene rings is 2. The fourth-order valence-electron chi connectivity index (χ4n) is 2.39. The lowest BCUT2D eigenvalue weighted by molar-refractivity contribution is 0.0989. The normalized spacial score (nSPS) is 13.1. The van der Waals surface area contributed by atoms with Crippen LogP contribution in [-0.2, 0) is 0 Å². The first-order valence-corrected chi connectivity index (χ1v) is 7.15. The number of phenolic OH excluding ortho intramolecular Hbond substituents is 2. The summed E-state index contributed by atoms with van der Waals surface area (Å²) < 4.78 is 0. The summed E-state index contributed by atoms with van der Waals surface area (Å²) in [5.41, 5.74) is 1.09. The lowest BCUT2D eigenvalue weighted by atomic mass is 9.92. The smallest absolute Gasteiger partial charge is 0.190 e. The van der Waals surface area contributed by atoms with E-state index in [9.17, 15) is 19.8 Å². The predicted molar refractivity (Wildman–Crippen MR) is 87.0 cm³/mol. The Morgan fingerprint density at radius 2 is 1.43 bits per heavy atom. The molecule has 0 saturated heterocycles. The monoisotopic (exact) mass is 329 g/mol. The van der Waals surface area contributed by atoms with Gasteiger partial charge < -0.3 is 15.5 Å². The van der Waals surface area contributed by atoms with Gasteiger partial charge in [0, 0.05) is 5.69 Å². The van der Waals surface area contributed by atoms with E-state index in [1.54, 1.807) is 12.1 Å². The maximum Gasteiger partial charge on any atom is 0.190 e. The second-order valence-electron chi connectivity index (χ2n) is 5.19. The van der Waals surface area contributed by atoms with E-state index < -0.39 is 23.1 Å². The molecule has 1 aliphatic carbocycles. The minimum atomic E-state index is -0.587. The van der Waals surface area contributed by atoms with Gasteiger partial charge in [-0.3, -0.25) is 9.59 Å². The molecule has 0 amide bonds. The Kier molecular flexibility index (Phi) is 3.58. The van der Waals surface area contributed by atoms with Crippen molar-refractivity contribution in [3.63, 3.8) is 0 Å². The molecule has 0 bridgehead atoms. The number of hydrogen-bond acceptors (Lipinski definition) is 5. The van der Waals surface area contributed by atoms with Crippen LogP contribution in [0, 0.1) is 6.92 Å². The Morgan fingerprint density at radius 3 is 2.00 bits per heavy atom. The molecule has 0 heterocycles. The number of rotatable bonds is 2. The first-order valence-electron chi connectivity index (χ1n) is 6.78. The van der Waals surface area contributed by atoms with Gasteiger partial charge in [0.15, 0.2) is 17.3 Å². The first-order chi connectivity index (χ1) is 10.9. The Balaban J connectivity index is 2.18. The van der Waals surface area contributed by atoms with Gasteiger partial charge in [-0.25, -0.2) is 0 Å². The first kappa shape index (κ1) is 15.1. The van der Waals surface area contributed by atoms with Crippen LogP contribution in [0.15, 0.2) is 36.4 Å². The molecule has 6 heteroatoms. The van der Waals surface area contributed by atoms with Crippen LogP contribution in [-0.4, -0.2) is 21.8 Å². The van der Waals surface area contributed by atoms with Crippen LogP contribution < -0.4 is 5.32 Å². The van der Waals surface area contributed by atoms with Crippen LogP contribution in [0.25, 0.3) is 0 Å². The number of ketones is 2. The van der Waals surface area contributed by atoms with Gasteiger partial charge in [0.2, 0.25) is 0 Å². The van der Waals surface area contributed by atoms with Crippen LogP contribution in [0.3, 0.4) is 0 Å². The number of anilines is 2. The molecule has 116 valence electrons. The Labute approximate surface area is 136 Å². The fourth-order valence-corrected chi connectivity index (χ4v) is 2.62. The van der Waals surface area contributed by atoms with Gasteiger partial charge >= 0.3 is 0 Å². The zero-order valence-electron chi connectivity index (χ0n) is 12.1. The van der Waals surface area contributed by atoms with Crippen molar-refractivity contribution in [1.82, 2.24) is 0 Å². The zero-order chi connectivity index (χ0) is 16.7. The average Bonchev–Trinajstić information content (AvgIpc) is 2.53. The molecule has 2 aromatic rings. The molecule has 0 saturated carbocycles. The molecule has 0 fully saturated rings. The summed E-state index contributed by atoms with van der Waals surface area (Å²) in [6.07, 6.45) is 2.08. The highest BCUT2D eigenvalue weighted by atomic mass is 35.5. The number of fused-ring (bicyclic) bond motifs is 1. The minimum Gasteiger partial charge on any atom is -0.505 e. The topological polar surface area (TPSA) is 86.6 Å². The average molecular weight is 330 g/mol. The molecule has 0 spiro atoms. The summed E-state index contributed by atoms with van der Waals surface area (Å²) in [5, 5.41) is 23.2. The summed E-state index contributed by atoms with van der Waals surface area (Å²) in [6.45, 7) is 1.93. The number of phenols is 2. The third-order valence-corrected chi connectivity index (χ3v) is 3.96. The maximum absolute atomic E-state index is 12.0. The molecule has 3 N–H and O–H groups in total. The number of aromatic hydroxyl groups is 2. The van der Waals surface area contributed by atoms with Crippen molar-refractivity contribution in [3.8, 4) is 11.5 Å². The van der Waals surface area contributed by atoms with Crippen molar-refractivity contribution in [2.24, 2.45) is 0 Å². The van der Waals surface area contributed by atoms with Gasteiger partial charge in [-0.2, -0.15) is 0 Å². The molecular weight excluding hydrogens is 318 g/mol. The molecular formula is C17H12ClNO4. The van der Waals surface area contributed by atoms with Crippen molar-refractivity contribution in [2.75, 3.05) is 5.32 Å². The molecule has 0 aromatic heterocycles. The maximum atomic E-state index is 12.0. The van der Waals surface area contributed by atoms with Crippen LogP contribution in [0.2, 0.25) is 5.02 Å². The van der Waals surface area contributed by atoms with E-state index in [1.165, 1.54) is 0 Å². The molecule has 0 radical (unpaired) electrons. The number of carbonyl (C=O) groups is 2. The highest BCUT2D eigenvalue weighted by molar-refractivity contribution is 6.38. The minimum absolute atomic E-state index is 0.0248. The number of aryl methyl sites for hydroxylation is 1. The van der Waals surface area contributed by atoms with E-state index >= 15 is 0 Å². The van der Waals surface area contributed by atoms with Gasteiger partial charge in [0.1, 0.15) is 16.5 Å². The van der Waals surface area contributed by atoms with E-state index in [4.69, 9.17) is 11.6 Å². The van der Waals surface area contributed by atoms with Crippen molar-refractivity contribution >= 4 is 34.5 Å². The van der Waals surface area contributed by atoms with Gasteiger partial charge in [-0.15, -0.1) is 0 Å². The largest absolute Gasteiger partial charge is 0.505 e. The molecule has 0 atom stereocenters. The molecule has 0 aliphatic heterocycles. The number of carbonyl (C=O) groups excluding carboxylic acids is 2. The van der Waals surface area contributed by atoms with Crippen LogP contribution in [0.5, 0.6) is 11.5 Å². The fraction of sp³-hybridized carbons (Fsp3) is 0.0588. The van der Waals surface area contributed by atoms with Gasteiger partial charge in [0.25, 0.3) is 0 Å². The third-order valence-electron chi connectivity index (χ3n) is 3.59. The van der Waals surface area contributed by atoms with E-state index in [-0.39, 0.29) is 21.8 Å². The SMILES string of the molecule is Cc1ccc(Nc2c(O)c3c(c(O)c2Cl)C(=O)C=CC3=O)cc1. The second-order valence-corrected chi connectivity index (χ2v) is 5.57. The summed E-state index contributed by atoms with van der Waals surface area (Å²) in [7, 11) is 0. The van der Waals surface area contributed by atoms with Crippen LogP contribution in [0.1, 0.15) is 26.3 Å². The van der Waals surface area contributed by atoms with Gasteiger partial charge in [-0.05, 0) is 31.2 Å². The van der Waals surface area contributed by atoms with E-state index in [2.05, 4.69) is 5.32 Å². The second kappa shape index (κ2) is 5.44. The lowest BCUT2D eigenvalue weighted by Crippen LogP contribution is -2.13. The van der Waals surface area contributed by atoms with E-state index in [0.717, 1.165) is 17.7 Å². The van der Waals surface area contributed by atoms with E-state index in [0.29, 0.717) is 5.69 Å². The standard InChI is InChI=1S/C17H12ClNO4/c1-8-2-4-9(5-3-8)19-15-14(18)16(22)12-10(20)6-7-11(21)13(12)17(15)23/h2-7,19,22-23H,1H3. The van der Waals surface area contributed by atoms with Crippen LogP contribution in [0.4, 0.5) is 11.4 Å². The number of allylic oxidation sites excluding steroid dienone is 2. The number of nitrogens with one attached hydrogen (secondary N) is 1. The third kappa shape index (κ3) is 2.45. The molecule has 3 rings (SSSR count). The lowest BCUT2D eigenvalue weighted by Gasteiger charge is -2.19. The summed E-state index contributed by atoms with van der Waals surface area (Å²) >= 11 is 6.07. The highest BCUT2D eigenvalue weighted by Crippen LogP contribution is 2.47. The van der Waals surface area contributed by atoms with Crippen molar-refractivity contribution in [3.05, 3.63) is 58.1 Å².